The Morgan fingerprint density at radius 3 is 2.14 bits per heavy atom. The number of hydrogen-bond donors (Lipinski definition) is 1. The summed E-state index contributed by atoms with van der Waals surface area (Å²) in [5.41, 5.74) is 1.53. The van der Waals surface area contributed by atoms with Crippen LogP contribution in [0.5, 0.6) is 11.5 Å². The summed E-state index contributed by atoms with van der Waals surface area (Å²) in [4.78, 5) is 12.4. The van der Waals surface area contributed by atoms with Crippen LogP contribution in [0.3, 0.4) is 0 Å². The van der Waals surface area contributed by atoms with Crippen LogP contribution in [0.25, 0.3) is 0 Å². The van der Waals surface area contributed by atoms with E-state index >= 15 is 0 Å². The quantitative estimate of drug-likeness (QED) is 0.874. The summed E-state index contributed by atoms with van der Waals surface area (Å²) >= 11 is 3.39. The standard InChI is InChI=1S/C17H18BrNO3/c1-11(12-7-5-4-6-8-12)19-17(20)13-9-14(21-2)16(18)15(10-13)22-3/h4-11H,1-3H3,(H,19,20). The largest absolute Gasteiger partial charge is 0.495 e. The molecule has 2 aromatic carbocycles. The van der Waals surface area contributed by atoms with Gasteiger partial charge in [-0.25, -0.2) is 0 Å². The van der Waals surface area contributed by atoms with Crippen molar-refractivity contribution in [2.75, 3.05) is 14.2 Å². The molecule has 0 spiro atoms. The SMILES string of the molecule is COc1cc(C(=O)NC(C)c2ccccc2)cc(OC)c1Br. The van der Waals surface area contributed by atoms with Crippen molar-refractivity contribution in [3.63, 3.8) is 0 Å². The van der Waals surface area contributed by atoms with Gasteiger partial charge in [0.05, 0.1) is 20.3 Å². The lowest BCUT2D eigenvalue weighted by molar-refractivity contribution is 0.0939. The number of methoxy groups -OCH3 is 2. The first-order valence-electron chi connectivity index (χ1n) is 6.84. The van der Waals surface area contributed by atoms with Crippen molar-refractivity contribution < 1.29 is 14.3 Å². The Hall–Kier alpha value is -2.01. The normalized spacial score (nSPS) is 11.6. The van der Waals surface area contributed by atoms with E-state index in [1.807, 2.05) is 37.3 Å². The molecule has 2 aromatic rings. The van der Waals surface area contributed by atoms with Gasteiger partial charge in [0.25, 0.3) is 5.91 Å². The van der Waals surface area contributed by atoms with Gasteiger partial charge in [-0.15, -0.1) is 0 Å². The van der Waals surface area contributed by atoms with E-state index in [1.165, 1.54) is 0 Å². The monoisotopic (exact) mass is 363 g/mol. The van der Waals surface area contributed by atoms with Crippen molar-refractivity contribution in [1.82, 2.24) is 5.32 Å². The number of hydrogen-bond acceptors (Lipinski definition) is 3. The van der Waals surface area contributed by atoms with Crippen molar-refractivity contribution in [2.45, 2.75) is 13.0 Å². The second-order valence-corrected chi connectivity index (χ2v) is 5.59. The minimum absolute atomic E-state index is 0.0886. The highest BCUT2D eigenvalue weighted by Crippen LogP contribution is 2.35. The summed E-state index contributed by atoms with van der Waals surface area (Å²) in [7, 11) is 3.10. The molecule has 0 fully saturated rings. The van der Waals surface area contributed by atoms with E-state index in [9.17, 15) is 4.79 Å². The van der Waals surface area contributed by atoms with E-state index in [1.54, 1.807) is 26.4 Å². The van der Waals surface area contributed by atoms with Gasteiger partial charge in [-0.2, -0.15) is 0 Å². The third kappa shape index (κ3) is 3.60. The first-order valence-corrected chi connectivity index (χ1v) is 7.63. The Bertz CT molecular complexity index is 633. The number of carbonyl (C=O) groups excluding carboxylic acids is 1. The molecule has 2 rings (SSSR count). The molecule has 4 nitrogen and oxygen atoms in total. The maximum atomic E-state index is 12.4. The third-order valence-corrected chi connectivity index (χ3v) is 4.14. The first kappa shape index (κ1) is 16.4. The number of nitrogens with one attached hydrogen (secondary N) is 1. The van der Waals surface area contributed by atoms with Crippen molar-refractivity contribution in [3.8, 4) is 11.5 Å². The highest BCUT2D eigenvalue weighted by atomic mass is 79.9. The van der Waals surface area contributed by atoms with Crippen molar-refractivity contribution in [1.29, 1.82) is 0 Å². The molecule has 1 amide bonds. The highest BCUT2D eigenvalue weighted by Gasteiger charge is 2.16. The molecule has 0 heterocycles. The fourth-order valence-corrected chi connectivity index (χ4v) is 2.66. The molecule has 0 bridgehead atoms. The van der Waals surface area contributed by atoms with E-state index in [-0.39, 0.29) is 11.9 Å². The predicted octanol–water partition coefficient (Wildman–Crippen LogP) is 3.96. The molecule has 0 aliphatic carbocycles. The summed E-state index contributed by atoms with van der Waals surface area (Å²) in [5, 5.41) is 2.97. The molecule has 0 radical (unpaired) electrons. The molecule has 5 heteroatoms. The van der Waals surface area contributed by atoms with Crippen LogP contribution < -0.4 is 14.8 Å². The Kier molecular flexibility index (Phi) is 5.44. The maximum Gasteiger partial charge on any atom is 0.252 e. The zero-order valence-corrected chi connectivity index (χ0v) is 14.3. The summed E-state index contributed by atoms with van der Waals surface area (Å²) in [5.74, 6) is 0.925. The Balaban J connectivity index is 2.22. The topological polar surface area (TPSA) is 47.6 Å². The fraction of sp³-hybridized carbons (Fsp3) is 0.235. The number of benzene rings is 2. The van der Waals surface area contributed by atoms with E-state index in [4.69, 9.17) is 9.47 Å². The third-order valence-electron chi connectivity index (χ3n) is 3.36. The zero-order chi connectivity index (χ0) is 16.1. The first-order chi connectivity index (χ1) is 10.6. The molecule has 0 aliphatic rings. The van der Waals surface area contributed by atoms with Gasteiger partial charge in [0.1, 0.15) is 16.0 Å². The van der Waals surface area contributed by atoms with Crippen LogP contribution in [0.4, 0.5) is 0 Å². The number of carbonyl (C=O) groups is 1. The molecule has 0 saturated carbocycles. The molecule has 0 saturated heterocycles. The van der Waals surface area contributed by atoms with Gasteiger partial charge < -0.3 is 14.8 Å². The number of rotatable bonds is 5. The van der Waals surface area contributed by atoms with Gasteiger partial charge >= 0.3 is 0 Å². The molecule has 0 aromatic heterocycles. The lowest BCUT2D eigenvalue weighted by Crippen LogP contribution is -2.26. The van der Waals surface area contributed by atoms with Crippen molar-refractivity contribution >= 4 is 21.8 Å². The van der Waals surface area contributed by atoms with Gasteiger partial charge in [-0.3, -0.25) is 4.79 Å². The van der Waals surface area contributed by atoms with E-state index in [0.29, 0.717) is 21.5 Å². The van der Waals surface area contributed by atoms with Gasteiger partial charge in [-0.05, 0) is 40.5 Å². The Morgan fingerprint density at radius 1 is 1.09 bits per heavy atom. The van der Waals surface area contributed by atoms with Gasteiger partial charge in [-0.1, -0.05) is 30.3 Å². The molecular formula is C17H18BrNO3. The molecular weight excluding hydrogens is 346 g/mol. The minimum atomic E-state index is -0.180. The summed E-state index contributed by atoms with van der Waals surface area (Å²) in [6.45, 7) is 1.94. The van der Waals surface area contributed by atoms with Gasteiger partial charge in [0.15, 0.2) is 0 Å². The summed E-state index contributed by atoms with van der Waals surface area (Å²) < 4.78 is 11.2. The lowest BCUT2D eigenvalue weighted by atomic mass is 10.1. The van der Waals surface area contributed by atoms with E-state index in [0.717, 1.165) is 5.56 Å². The predicted molar refractivity (Wildman–Crippen MR) is 89.6 cm³/mol. The Labute approximate surface area is 138 Å². The van der Waals surface area contributed by atoms with Crippen LogP contribution in [0.2, 0.25) is 0 Å². The van der Waals surface area contributed by atoms with E-state index < -0.39 is 0 Å². The summed E-state index contributed by atoms with van der Waals surface area (Å²) in [6.07, 6.45) is 0. The van der Waals surface area contributed by atoms with Crippen molar-refractivity contribution in [2.24, 2.45) is 0 Å². The van der Waals surface area contributed by atoms with Gasteiger partial charge in [0.2, 0.25) is 0 Å². The van der Waals surface area contributed by atoms with Crippen molar-refractivity contribution in [3.05, 3.63) is 58.1 Å². The second kappa shape index (κ2) is 7.31. The smallest absolute Gasteiger partial charge is 0.252 e. The molecule has 0 aliphatic heterocycles. The van der Waals surface area contributed by atoms with Crippen LogP contribution in [0.1, 0.15) is 28.9 Å². The zero-order valence-electron chi connectivity index (χ0n) is 12.7. The fourth-order valence-electron chi connectivity index (χ4n) is 2.11. The summed E-state index contributed by atoms with van der Waals surface area (Å²) in [6, 6.07) is 13.1. The van der Waals surface area contributed by atoms with Gasteiger partial charge in [0, 0.05) is 5.56 Å². The van der Waals surface area contributed by atoms with Crippen LogP contribution in [0, 0.1) is 0 Å². The number of ether oxygens (including phenoxy) is 2. The molecule has 1 N–H and O–H groups in total. The van der Waals surface area contributed by atoms with Crippen LogP contribution in [0.15, 0.2) is 46.9 Å². The maximum absolute atomic E-state index is 12.4. The van der Waals surface area contributed by atoms with Crippen LogP contribution in [-0.2, 0) is 0 Å². The Morgan fingerprint density at radius 2 is 1.64 bits per heavy atom. The molecule has 1 unspecified atom stereocenters. The molecule has 22 heavy (non-hydrogen) atoms. The minimum Gasteiger partial charge on any atom is -0.495 e. The number of amides is 1. The average Bonchev–Trinajstić information content (AvgIpc) is 2.55. The molecule has 1 atom stereocenters. The average molecular weight is 364 g/mol. The second-order valence-electron chi connectivity index (χ2n) is 4.80. The van der Waals surface area contributed by atoms with E-state index in [2.05, 4.69) is 21.2 Å². The van der Waals surface area contributed by atoms with Crippen LogP contribution >= 0.6 is 15.9 Å². The lowest BCUT2D eigenvalue weighted by Gasteiger charge is -2.16. The molecule has 116 valence electrons. The van der Waals surface area contributed by atoms with Crippen LogP contribution in [-0.4, -0.2) is 20.1 Å². The number of halogens is 1. The highest BCUT2D eigenvalue weighted by molar-refractivity contribution is 9.10.